The quantitative estimate of drug-likeness (QED) is 0.560. The minimum absolute atomic E-state index is 0.916. The molecular weight excluding hydrogens is 230 g/mol. The van der Waals surface area contributed by atoms with E-state index in [0.717, 1.165) is 18.7 Å². The number of methoxy groups -OCH3 is 1. The number of ether oxygens (including phenoxy) is 1. The highest BCUT2D eigenvalue weighted by atomic mass is 32.2. The summed E-state index contributed by atoms with van der Waals surface area (Å²) >= 11 is 1.72. The van der Waals surface area contributed by atoms with E-state index in [0.29, 0.717) is 0 Å². The summed E-state index contributed by atoms with van der Waals surface area (Å²) in [6.45, 7) is 7.27. The lowest BCUT2D eigenvalue weighted by atomic mass is 10.3. The van der Waals surface area contributed by atoms with Crippen LogP contribution in [0.5, 0.6) is 0 Å². The van der Waals surface area contributed by atoms with Gasteiger partial charge >= 0.3 is 0 Å². The number of nitrogens with one attached hydrogen (secondary N) is 1. The smallest absolute Gasteiger partial charge is 0.118 e. The summed E-state index contributed by atoms with van der Waals surface area (Å²) in [7, 11) is 1.70. The average molecular weight is 255 g/mol. The van der Waals surface area contributed by atoms with Gasteiger partial charge in [-0.15, -0.1) is 0 Å². The Balaban J connectivity index is 0.00000121. The van der Waals surface area contributed by atoms with Crippen molar-refractivity contribution in [2.24, 2.45) is 0 Å². The SMILES string of the molecule is CC.CCCCNSC1=CC=C(OC)C=CC1. The van der Waals surface area contributed by atoms with Crippen LogP contribution in [0, 0.1) is 0 Å². The number of unbranched alkanes of at least 4 members (excludes halogenated alkanes) is 1. The molecule has 0 atom stereocenters. The molecule has 0 heterocycles. The third kappa shape index (κ3) is 8.11. The fourth-order valence-electron chi connectivity index (χ4n) is 1.19. The molecule has 0 aromatic heterocycles. The van der Waals surface area contributed by atoms with Gasteiger partial charge in [-0.05, 0) is 43.0 Å². The van der Waals surface area contributed by atoms with Crippen molar-refractivity contribution < 1.29 is 4.74 Å². The van der Waals surface area contributed by atoms with Crippen molar-refractivity contribution in [3.63, 3.8) is 0 Å². The van der Waals surface area contributed by atoms with Crippen LogP contribution in [0.4, 0.5) is 0 Å². The van der Waals surface area contributed by atoms with Gasteiger partial charge in [0.1, 0.15) is 5.76 Å². The van der Waals surface area contributed by atoms with Crippen molar-refractivity contribution in [3.05, 3.63) is 35.0 Å². The topological polar surface area (TPSA) is 21.3 Å². The van der Waals surface area contributed by atoms with Crippen LogP contribution in [0.2, 0.25) is 0 Å². The Morgan fingerprint density at radius 1 is 1.35 bits per heavy atom. The summed E-state index contributed by atoms with van der Waals surface area (Å²) < 4.78 is 8.52. The minimum Gasteiger partial charge on any atom is -0.497 e. The molecule has 0 amide bonds. The van der Waals surface area contributed by atoms with Gasteiger partial charge in [0, 0.05) is 11.4 Å². The maximum Gasteiger partial charge on any atom is 0.118 e. The van der Waals surface area contributed by atoms with Gasteiger partial charge in [0.05, 0.1) is 7.11 Å². The monoisotopic (exact) mass is 255 g/mol. The second kappa shape index (κ2) is 11.8. The predicted molar refractivity (Wildman–Crippen MR) is 78.8 cm³/mol. The Labute approximate surface area is 110 Å². The summed E-state index contributed by atoms with van der Waals surface area (Å²) in [5, 5.41) is 0. The van der Waals surface area contributed by atoms with E-state index in [1.807, 2.05) is 26.0 Å². The van der Waals surface area contributed by atoms with Gasteiger partial charge in [0.2, 0.25) is 0 Å². The molecule has 0 radical (unpaired) electrons. The number of rotatable bonds is 6. The molecule has 98 valence electrons. The molecule has 0 aliphatic heterocycles. The lowest BCUT2D eigenvalue weighted by Gasteiger charge is -2.04. The normalized spacial score (nSPS) is 14.1. The van der Waals surface area contributed by atoms with Crippen LogP contribution in [-0.2, 0) is 4.74 Å². The molecular formula is C14H25NOS. The zero-order chi connectivity index (χ0) is 12.9. The van der Waals surface area contributed by atoms with Crippen LogP contribution in [0.3, 0.4) is 0 Å². The number of allylic oxidation sites excluding steroid dienone is 5. The van der Waals surface area contributed by atoms with Crippen LogP contribution in [0.15, 0.2) is 35.0 Å². The molecule has 0 fully saturated rings. The second-order valence-corrected chi connectivity index (χ2v) is 4.38. The van der Waals surface area contributed by atoms with Gasteiger partial charge < -0.3 is 4.74 Å². The maximum absolute atomic E-state index is 5.16. The van der Waals surface area contributed by atoms with Crippen molar-refractivity contribution in [3.8, 4) is 0 Å². The molecule has 0 aromatic rings. The molecule has 2 nitrogen and oxygen atoms in total. The van der Waals surface area contributed by atoms with Crippen LogP contribution in [-0.4, -0.2) is 13.7 Å². The fraction of sp³-hybridized carbons (Fsp3) is 0.571. The molecule has 1 rings (SSSR count). The zero-order valence-electron chi connectivity index (χ0n) is 11.5. The minimum atomic E-state index is 0.916. The van der Waals surface area contributed by atoms with E-state index in [4.69, 9.17) is 4.74 Å². The third-order valence-corrected chi connectivity index (χ3v) is 3.02. The van der Waals surface area contributed by atoms with Gasteiger partial charge in [-0.3, -0.25) is 4.72 Å². The van der Waals surface area contributed by atoms with E-state index in [9.17, 15) is 0 Å². The standard InChI is InChI=1S/C12H19NOS.C2H6/c1-3-4-10-13-15-12-7-5-6-11(14-2)8-9-12;1-2/h5-6,8-9,13H,3-4,7,10H2,1-2H3;1-2H3. The molecule has 0 unspecified atom stereocenters. The molecule has 0 saturated heterocycles. The van der Waals surface area contributed by atoms with Crippen LogP contribution < -0.4 is 4.72 Å². The highest BCUT2D eigenvalue weighted by molar-refractivity contribution is 8.01. The van der Waals surface area contributed by atoms with E-state index >= 15 is 0 Å². The van der Waals surface area contributed by atoms with E-state index in [-0.39, 0.29) is 0 Å². The summed E-state index contributed by atoms with van der Waals surface area (Å²) in [5.41, 5.74) is 0. The van der Waals surface area contributed by atoms with Crippen molar-refractivity contribution >= 4 is 11.9 Å². The molecule has 1 N–H and O–H groups in total. The van der Waals surface area contributed by atoms with Crippen molar-refractivity contribution in [2.45, 2.75) is 40.0 Å². The Morgan fingerprint density at radius 2 is 2.12 bits per heavy atom. The van der Waals surface area contributed by atoms with Gasteiger partial charge in [-0.1, -0.05) is 33.3 Å². The number of hydrogen-bond acceptors (Lipinski definition) is 3. The predicted octanol–water partition coefficient (Wildman–Crippen LogP) is 4.42. The van der Waals surface area contributed by atoms with Crippen LogP contribution in [0.25, 0.3) is 0 Å². The molecule has 0 aromatic carbocycles. The Hall–Kier alpha value is -0.670. The molecule has 1 aliphatic rings. The number of hydrogen-bond donors (Lipinski definition) is 1. The summed E-state index contributed by atoms with van der Waals surface area (Å²) in [5.74, 6) is 0.916. The first-order chi connectivity index (χ1) is 8.36. The Morgan fingerprint density at radius 3 is 2.76 bits per heavy atom. The molecule has 0 spiro atoms. The van der Waals surface area contributed by atoms with Gasteiger partial charge in [-0.2, -0.15) is 0 Å². The van der Waals surface area contributed by atoms with Crippen molar-refractivity contribution in [1.29, 1.82) is 0 Å². The Bertz CT molecular complexity index is 269. The molecule has 1 aliphatic carbocycles. The first-order valence-corrected chi connectivity index (χ1v) is 7.19. The summed E-state index contributed by atoms with van der Waals surface area (Å²) in [6, 6.07) is 0. The molecule has 17 heavy (non-hydrogen) atoms. The molecule has 0 bridgehead atoms. The summed E-state index contributed by atoms with van der Waals surface area (Å²) in [6.07, 6.45) is 11.7. The first kappa shape index (κ1) is 16.3. The lowest BCUT2D eigenvalue weighted by Crippen LogP contribution is -2.04. The van der Waals surface area contributed by atoms with E-state index in [2.05, 4.69) is 23.8 Å². The highest BCUT2D eigenvalue weighted by Gasteiger charge is 1.99. The molecule has 3 heteroatoms. The average Bonchev–Trinajstić information content (AvgIpc) is 2.62. The van der Waals surface area contributed by atoms with Crippen molar-refractivity contribution in [1.82, 2.24) is 4.72 Å². The Kier molecular flexibility index (Phi) is 11.3. The van der Waals surface area contributed by atoms with Gasteiger partial charge in [-0.25, -0.2) is 0 Å². The largest absolute Gasteiger partial charge is 0.497 e. The van der Waals surface area contributed by atoms with E-state index in [1.54, 1.807) is 19.1 Å². The van der Waals surface area contributed by atoms with E-state index < -0.39 is 0 Å². The van der Waals surface area contributed by atoms with Gasteiger partial charge in [0.15, 0.2) is 0 Å². The third-order valence-electron chi connectivity index (χ3n) is 2.11. The first-order valence-electron chi connectivity index (χ1n) is 6.38. The zero-order valence-corrected chi connectivity index (χ0v) is 12.3. The van der Waals surface area contributed by atoms with Gasteiger partial charge in [0.25, 0.3) is 0 Å². The van der Waals surface area contributed by atoms with Crippen molar-refractivity contribution in [2.75, 3.05) is 13.7 Å². The highest BCUT2D eigenvalue weighted by Crippen LogP contribution is 2.20. The maximum atomic E-state index is 5.16. The molecule has 0 saturated carbocycles. The second-order valence-electron chi connectivity index (χ2n) is 3.36. The summed E-state index contributed by atoms with van der Waals surface area (Å²) in [4.78, 5) is 1.33. The lowest BCUT2D eigenvalue weighted by molar-refractivity contribution is 0.307. The van der Waals surface area contributed by atoms with E-state index in [1.165, 1.54) is 17.7 Å². The fourth-order valence-corrected chi connectivity index (χ4v) is 1.94. The van der Waals surface area contributed by atoms with Crippen LogP contribution >= 0.6 is 11.9 Å². The van der Waals surface area contributed by atoms with Crippen LogP contribution in [0.1, 0.15) is 40.0 Å².